The Morgan fingerprint density at radius 1 is 0.836 bits per heavy atom. The van der Waals surface area contributed by atoms with E-state index in [1.807, 2.05) is 39.8 Å². The van der Waals surface area contributed by atoms with E-state index in [-0.39, 0.29) is 65.6 Å². The first-order chi connectivity index (χ1) is 29.3. The molecule has 0 radical (unpaired) electrons. The van der Waals surface area contributed by atoms with Gasteiger partial charge in [-0.05, 0) is 92.7 Å². The number of phenolic OH excluding ortho intramolecular Hbond substituents is 1. The highest BCUT2D eigenvalue weighted by Crippen LogP contribution is 2.41. The van der Waals surface area contributed by atoms with E-state index < -0.39 is 17.4 Å². The fourth-order valence-electron chi connectivity index (χ4n) is 5.95. The molecule has 0 fully saturated rings. The van der Waals surface area contributed by atoms with E-state index in [4.69, 9.17) is 29.1 Å². The van der Waals surface area contributed by atoms with Gasteiger partial charge in [-0.1, -0.05) is 23.3 Å². The van der Waals surface area contributed by atoms with Crippen LogP contribution < -0.4 is 42.2 Å². The number of methoxy groups -OCH3 is 3. The summed E-state index contributed by atoms with van der Waals surface area (Å²) in [6, 6.07) is 2.43. The van der Waals surface area contributed by atoms with Crippen LogP contribution in [0.2, 0.25) is 0 Å². The van der Waals surface area contributed by atoms with Gasteiger partial charge in [0, 0.05) is 42.5 Å². The highest BCUT2D eigenvalue weighted by Gasteiger charge is 2.25. The Labute approximate surface area is 359 Å². The maximum Gasteiger partial charge on any atom is 0.328 e. The second kappa shape index (κ2) is 29.7. The highest BCUT2D eigenvalue weighted by atomic mass is 16.5. The monoisotopic (exact) mass is 857 g/mol. The lowest BCUT2D eigenvalue weighted by Gasteiger charge is -2.18. The molecular weight excluding hydrogens is 789 g/mol. The Balaban J connectivity index is 0.00000149. The molecule has 0 saturated heterocycles. The Morgan fingerprint density at radius 2 is 1.44 bits per heavy atom. The van der Waals surface area contributed by atoms with Gasteiger partial charge in [0.2, 0.25) is 11.3 Å². The van der Waals surface area contributed by atoms with Crippen molar-refractivity contribution in [1.29, 1.82) is 0 Å². The zero-order valence-electron chi connectivity index (χ0n) is 37.4. The molecule has 3 aromatic rings. The normalized spacial score (nSPS) is 10.9. The van der Waals surface area contributed by atoms with Crippen molar-refractivity contribution < 1.29 is 58.1 Å². The molecule has 0 saturated carbocycles. The van der Waals surface area contributed by atoms with Crippen LogP contribution in [-0.2, 0) is 41.5 Å². The average molecular weight is 858 g/mol. The largest absolute Gasteiger partial charge is 0.507 e. The topological polar surface area (TPSA) is 257 Å². The van der Waals surface area contributed by atoms with Gasteiger partial charge in [-0.15, -0.1) is 0 Å². The molecule has 2 aromatic carbocycles. The molecule has 1 heterocycles. The van der Waals surface area contributed by atoms with Crippen LogP contribution in [0.5, 0.6) is 23.0 Å². The minimum absolute atomic E-state index is 0.0117. The lowest BCUT2D eigenvalue weighted by molar-refractivity contribution is -0.368. The first-order valence-electron chi connectivity index (χ1n) is 20.6. The minimum atomic E-state index is -0.745. The van der Waals surface area contributed by atoms with E-state index in [0.29, 0.717) is 86.4 Å². The summed E-state index contributed by atoms with van der Waals surface area (Å²) in [5, 5.41) is 14.6. The lowest BCUT2D eigenvalue weighted by Crippen LogP contribution is -2.51. The number of unbranched alkanes of at least 4 members (excludes halogenated alkanes) is 2. The molecule has 1 amide bonds. The SMILES string of the molecule is CN.COC(=O)C(CCC[NH3+])NC(=O)CCCOc1cc2oc3cc(OCCCC=O)c(OC)c(CC=C(C)C)c3c(=O)c2c(O)c1CC=C(C)C.COC(=O)CCCCN. The maximum atomic E-state index is 14.3. The summed E-state index contributed by atoms with van der Waals surface area (Å²) < 4.78 is 33.4. The minimum Gasteiger partial charge on any atom is -0.507 e. The number of ether oxygens (including phenoxy) is 5. The number of aldehydes is 1. The van der Waals surface area contributed by atoms with Crippen LogP contribution >= 0.6 is 0 Å². The summed E-state index contributed by atoms with van der Waals surface area (Å²) in [5.74, 6) is -0.180. The van der Waals surface area contributed by atoms with E-state index in [1.54, 1.807) is 12.1 Å². The number of benzene rings is 2. The van der Waals surface area contributed by atoms with Gasteiger partial charge in [-0.3, -0.25) is 14.4 Å². The third-order valence-corrected chi connectivity index (χ3v) is 9.10. The molecule has 340 valence electrons. The van der Waals surface area contributed by atoms with E-state index in [0.717, 1.165) is 30.3 Å². The summed E-state index contributed by atoms with van der Waals surface area (Å²) in [4.78, 5) is 60.3. The predicted octanol–water partition coefficient (Wildman–Crippen LogP) is 4.74. The van der Waals surface area contributed by atoms with Crippen molar-refractivity contribution in [3.05, 3.63) is 56.8 Å². The first kappa shape index (κ1) is 53.6. The molecule has 16 heteroatoms. The maximum absolute atomic E-state index is 14.3. The summed E-state index contributed by atoms with van der Waals surface area (Å²) in [6.45, 7) is 9.41. The molecule has 0 aliphatic rings. The van der Waals surface area contributed by atoms with Crippen molar-refractivity contribution in [2.45, 2.75) is 104 Å². The van der Waals surface area contributed by atoms with Crippen molar-refractivity contribution in [3.8, 4) is 23.0 Å². The molecule has 0 spiro atoms. The number of carbonyl (C=O) groups excluding carboxylic acids is 4. The summed E-state index contributed by atoms with van der Waals surface area (Å²) in [5.41, 5.74) is 16.4. The lowest BCUT2D eigenvalue weighted by atomic mass is 9.98. The summed E-state index contributed by atoms with van der Waals surface area (Å²) in [6.07, 6.45) is 9.91. The number of allylic oxidation sites excluding steroid dienone is 4. The zero-order valence-corrected chi connectivity index (χ0v) is 37.4. The smallest absolute Gasteiger partial charge is 0.328 e. The Hall–Kier alpha value is -5.45. The number of esters is 2. The Morgan fingerprint density at radius 3 is 2.02 bits per heavy atom. The van der Waals surface area contributed by atoms with Gasteiger partial charge >= 0.3 is 11.9 Å². The Kier molecular flexibility index (Phi) is 26.1. The second-order valence-corrected chi connectivity index (χ2v) is 14.3. The molecule has 1 aromatic heterocycles. The molecule has 1 atom stereocenters. The van der Waals surface area contributed by atoms with E-state index in [1.165, 1.54) is 28.4 Å². The Bertz CT molecular complexity index is 1980. The number of nitrogens with one attached hydrogen (secondary N) is 1. The molecule has 0 bridgehead atoms. The second-order valence-electron chi connectivity index (χ2n) is 14.3. The predicted molar refractivity (Wildman–Crippen MR) is 236 cm³/mol. The molecular formula is C45H69N4O12+. The number of amides is 1. The number of nitrogens with two attached hydrogens (primary N) is 2. The van der Waals surface area contributed by atoms with Crippen LogP contribution in [0.15, 0.2) is 44.6 Å². The zero-order chi connectivity index (χ0) is 45.9. The van der Waals surface area contributed by atoms with Crippen LogP contribution in [-0.4, -0.2) is 90.0 Å². The van der Waals surface area contributed by atoms with Crippen molar-refractivity contribution in [2.24, 2.45) is 11.5 Å². The van der Waals surface area contributed by atoms with Gasteiger partial charge in [0.15, 0.2) is 11.5 Å². The number of rotatable bonds is 24. The highest BCUT2D eigenvalue weighted by molar-refractivity contribution is 5.98. The van der Waals surface area contributed by atoms with Crippen LogP contribution in [0, 0.1) is 0 Å². The number of aromatic hydroxyl groups is 1. The van der Waals surface area contributed by atoms with Gasteiger partial charge in [0.1, 0.15) is 40.4 Å². The quantitative estimate of drug-likeness (QED) is 0.0268. The third kappa shape index (κ3) is 17.6. The van der Waals surface area contributed by atoms with Crippen molar-refractivity contribution in [1.82, 2.24) is 5.32 Å². The third-order valence-electron chi connectivity index (χ3n) is 9.10. The van der Waals surface area contributed by atoms with Gasteiger partial charge in [-0.25, -0.2) is 4.79 Å². The summed E-state index contributed by atoms with van der Waals surface area (Å²) >= 11 is 0. The van der Waals surface area contributed by atoms with E-state index in [2.05, 4.69) is 21.5 Å². The summed E-state index contributed by atoms with van der Waals surface area (Å²) in [7, 11) is 5.67. The van der Waals surface area contributed by atoms with Gasteiger partial charge in [-0.2, -0.15) is 0 Å². The van der Waals surface area contributed by atoms with Crippen molar-refractivity contribution in [3.63, 3.8) is 0 Å². The number of phenols is 1. The molecule has 1 unspecified atom stereocenters. The number of hydrogen-bond donors (Lipinski definition) is 5. The van der Waals surface area contributed by atoms with E-state index >= 15 is 0 Å². The van der Waals surface area contributed by atoms with Crippen LogP contribution in [0.4, 0.5) is 0 Å². The van der Waals surface area contributed by atoms with Crippen LogP contribution in [0.1, 0.15) is 96.6 Å². The fourth-order valence-corrected chi connectivity index (χ4v) is 5.95. The molecule has 0 aliphatic heterocycles. The van der Waals surface area contributed by atoms with Gasteiger partial charge < -0.3 is 60.5 Å². The standard InChI is InChI=1S/C38H50N2O10.C6H13NO2.CH5N/c1-23(2)13-15-25-28(48-20-10-12-32(42)40-27(11-9-17-39)38(45)47-6)21-30-34(35(25)43)36(44)33-26(16-14-24(3)4)37(46-5)31(22-29(33)50-30)49-19-8-7-18-41;1-9-6(8)4-2-3-5-7;1-2/h13-14,18,21-22,27,43H,7-12,15-17,19-20,39H2,1-6H3,(H,40,42);2-5,7H2,1H3;2H2,1H3/p+1. The molecule has 9 N–H and O–H groups in total. The number of hydrogen-bond acceptors (Lipinski definition) is 14. The molecule has 3 rings (SSSR count). The fraction of sp³-hybridized carbons (Fsp3) is 0.533. The average Bonchev–Trinajstić information content (AvgIpc) is 3.24. The van der Waals surface area contributed by atoms with Crippen LogP contribution in [0.3, 0.4) is 0 Å². The van der Waals surface area contributed by atoms with E-state index in [9.17, 15) is 29.1 Å². The first-order valence-corrected chi connectivity index (χ1v) is 20.6. The molecule has 16 nitrogen and oxygen atoms in total. The van der Waals surface area contributed by atoms with Gasteiger partial charge in [0.25, 0.3) is 0 Å². The van der Waals surface area contributed by atoms with Crippen molar-refractivity contribution in [2.75, 3.05) is 54.7 Å². The number of fused-ring (bicyclic) bond motifs is 2. The van der Waals surface area contributed by atoms with Crippen molar-refractivity contribution >= 4 is 46.1 Å². The van der Waals surface area contributed by atoms with Gasteiger partial charge in [0.05, 0.1) is 46.5 Å². The number of quaternary nitrogens is 1. The number of carbonyl (C=O) groups is 4. The molecule has 61 heavy (non-hydrogen) atoms. The van der Waals surface area contributed by atoms with Crippen LogP contribution in [0.25, 0.3) is 21.9 Å². The molecule has 0 aliphatic carbocycles.